The SMILES string of the molecule is BC(C)(C)C(C)(C)C(=O)N/C(=N/C)SC(=C)CCSCCC(=C)SC(=C)N. The molecule has 152 valence electrons. The van der Waals surface area contributed by atoms with Crippen LogP contribution in [0.25, 0.3) is 0 Å². The van der Waals surface area contributed by atoms with E-state index in [4.69, 9.17) is 5.73 Å². The molecule has 0 radical (unpaired) electrons. The molecule has 0 aliphatic rings. The van der Waals surface area contributed by atoms with E-state index in [1.54, 1.807) is 7.05 Å². The second kappa shape index (κ2) is 12.0. The number of rotatable bonds is 11. The normalized spacial score (nSPS) is 12.6. The van der Waals surface area contributed by atoms with Gasteiger partial charge in [0.1, 0.15) is 7.85 Å². The summed E-state index contributed by atoms with van der Waals surface area (Å²) >= 11 is 4.72. The topological polar surface area (TPSA) is 67.5 Å². The Bertz CT molecular complexity index is 595. The highest BCUT2D eigenvalue weighted by Gasteiger charge is 2.39. The molecule has 27 heavy (non-hydrogen) atoms. The van der Waals surface area contributed by atoms with Crippen molar-refractivity contribution < 1.29 is 4.79 Å². The van der Waals surface area contributed by atoms with Gasteiger partial charge in [-0.1, -0.05) is 76.3 Å². The molecular formula is C19H34BN3OS3. The minimum atomic E-state index is -0.504. The number of aliphatic imine (C=N–C) groups is 1. The first kappa shape index (κ1) is 26.3. The maximum absolute atomic E-state index is 12.6. The Kier molecular flexibility index (Phi) is 11.6. The average Bonchev–Trinajstić information content (AvgIpc) is 2.51. The van der Waals surface area contributed by atoms with E-state index in [9.17, 15) is 4.79 Å². The van der Waals surface area contributed by atoms with Gasteiger partial charge in [-0.15, -0.1) is 0 Å². The van der Waals surface area contributed by atoms with E-state index in [0.717, 1.165) is 34.2 Å². The van der Waals surface area contributed by atoms with E-state index in [1.165, 1.54) is 23.5 Å². The van der Waals surface area contributed by atoms with Crippen molar-refractivity contribution in [3.05, 3.63) is 34.6 Å². The Morgan fingerprint density at radius 2 is 1.56 bits per heavy atom. The second-order valence-corrected chi connectivity index (χ2v) is 11.4. The molecule has 0 saturated carbocycles. The summed E-state index contributed by atoms with van der Waals surface area (Å²) in [4.78, 5) is 18.9. The lowest BCUT2D eigenvalue weighted by atomic mass is 9.55. The molecule has 0 bridgehead atoms. The summed E-state index contributed by atoms with van der Waals surface area (Å²) in [6.45, 7) is 19.8. The molecule has 0 aromatic heterocycles. The molecule has 0 unspecified atom stereocenters. The van der Waals surface area contributed by atoms with Gasteiger partial charge in [-0.2, -0.15) is 11.8 Å². The Morgan fingerprint density at radius 1 is 1.07 bits per heavy atom. The van der Waals surface area contributed by atoms with Gasteiger partial charge in [-0.25, -0.2) is 0 Å². The van der Waals surface area contributed by atoms with Crippen LogP contribution in [-0.4, -0.2) is 37.5 Å². The van der Waals surface area contributed by atoms with Crippen LogP contribution in [0.15, 0.2) is 39.6 Å². The molecule has 0 spiro atoms. The summed E-state index contributed by atoms with van der Waals surface area (Å²) in [6.07, 6.45) is 1.76. The minimum absolute atomic E-state index is 0.0252. The Balaban J connectivity index is 4.30. The zero-order valence-electron chi connectivity index (χ0n) is 17.6. The number of hydrogen-bond donors (Lipinski definition) is 2. The highest BCUT2D eigenvalue weighted by atomic mass is 32.2. The molecule has 8 heteroatoms. The Morgan fingerprint density at radius 3 is 1.96 bits per heavy atom. The number of nitrogens with two attached hydrogens (primary N) is 1. The van der Waals surface area contributed by atoms with Gasteiger partial charge in [-0.3, -0.25) is 9.79 Å². The third-order valence-corrected chi connectivity index (χ3v) is 7.14. The van der Waals surface area contributed by atoms with Gasteiger partial charge in [0.05, 0.1) is 5.03 Å². The number of amides is 1. The van der Waals surface area contributed by atoms with Crippen molar-refractivity contribution in [3.8, 4) is 0 Å². The lowest BCUT2D eigenvalue weighted by molar-refractivity contribution is -0.129. The lowest BCUT2D eigenvalue weighted by Gasteiger charge is -2.37. The van der Waals surface area contributed by atoms with Crippen LogP contribution in [0, 0.1) is 5.41 Å². The van der Waals surface area contributed by atoms with Gasteiger partial charge in [0, 0.05) is 12.5 Å². The van der Waals surface area contributed by atoms with Crippen LogP contribution in [0.1, 0.15) is 40.5 Å². The maximum Gasteiger partial charge on any atom is 0.231 e. The van der Waals surface area contributed by atoms with E-state index in [-0.39, 0.29) is 11.2 Å². The van der Waals surface area contributed by atoms with Crippen LogP contribution in [0.5, 0.6) is 0 Å². The molecule has 0 saturated heterocycles. The lowest BCUT2D eigenvalue weighted by Crippen LogP contribution is -2.45. The second-order valence-electron chi connectivity index (χ2n) is 7.72. The van der Waals surface area contributed by atoms with E-state index >= 15 is 0 Å². The molecule has 0 rings (SSSR count). The largest absolute Gasteiger partial charge is 0.394 e. The summed E-state index contributed by atoms with van der Waals surface area (Å²) in [5.74, 6) is 1.93. The summed E-state index contributed by atoms with van der Waals surface area (Å²) in [7, 11) is 3.75. The summed E-state index contributed by atoms with van der Waals surface area (Å²) in [6, 6.07) is 0. The minimum Gasteiger partial charge on any atom is -0.394 e. The van der Waals surface area contributed by atoms with Gasteiger partial charge in [0.2, 0.25) is 5.91 Å². The maximum atomic E-state index is 12.6. The van der Waals surface area contributed by atoms with Crippen LogP contribution in [0.2, 0.25) is 5.31 Å². The van der Waals surface area contributed by atoms with Gasteiger partial charge < -0.3 is 11.1 Å². The Hall–Kier alpha value is -0.725. The van der Waals surface area contributed by atoms with Crippen molar-refractivity contribution in [1.29, 1.82) is 0 Å². The standard InChI is InChI=1S/C19H34BN3OS3/c1-13(26-15(3)21)9-11-25-12-10-14(2)27-17(22-8)23-16(24)18(4,5)19(6,7)20/h1-3,9-12,20-21H2,4-8H3,(H,22,23,24). The summed E-state index contributed by atoms with van der Waals surface area (Å²) in [5, 5.41) is 3.98. The molecule has 0 fully saturated rings. The van der Waals surface area contributed by atoms with E-state index in [0.29, 0.717) is 10.2 Å². The third kappa shape index (κ3) is 10.4. The molecular weight excluding hydrogens is 393 g/mol. The first-order valence-electron chi connectivity index (χ1n) is 8.83. The zero-order chi connectivity index (χ0) is 21.3. The molecule has 0 aliphatic carbocycles. The van der Waals surface area contributed by atoms with E-state index in [1.807, 2.05) is 25.6 Å². The molecule has 0 atom stereocenters. The van der Waals surface area contributed by atoms with Crippen molar-refractivity contribution in [2.45, 2.75) is 45.9 Å². The van der Waals surface area contributed by atoms with Crippen LogP contribution in [0.3, 0.4) is 0 Å². The van der Waals surface area contributed by atoms with Gasteiger partial charge >= 0.3 is 0 Å². The number of carbonyl (C=O) groups excluding carboxylic acids is 1. The van der Waals surface area contributed by atoms with Crippen LogP contribution in [-0.2, 0) is 4.79 Å². The molecule has 1 amide bonds. The number of amidine groups is 1. The summed E-state index contributed by atoms with van der Waals surface area (Å²) < 4.78 is 0. The first-order valence-corrected chi connectivity index (χ1v) is 11.6. The Labute approximate surface area is 179 Å². The van der Waals surface area contributed by atoms with Gasteiger partial charge in [0.25, 0.3) is 0 Å². The molecule has 0 aliphatic heterocycles. The summed E-state index contributed by atoms with van der Waals surface area (Å²) in [5.41, 5.74) is 5.05. The zero-order valence-corrected chi connectivity index (χ0v) is 20.1. The van der Waals surface area contributed by atoms with Crippen molar-refractivity contribution in [2.75, 3.05) is 18.6 Å². The number of nitrogens with one attached hydrogen (secondary N) is 1. The van der Waals surface area contributed by atoms with Crippen molar-refractivity contribution in [1.82, 2.24) is 5.32 Å². The molecule has 4 nitrogen and oxygen atoms in total. The van der Waals surface area contributed by atoms with E-state index < -0.39 is 5.41 Å². The van der Waals surface area contributed by atoms with Crippen molar-refractivity contribution in [3.63, 3.8) is 0 Å². The van der Waals surface area contributed by atoms with Crippen LogP contribution in [0.4, 0.5) is 0 Å². The number of nitrogens with zero attached hydrogens (tertiary/aromatic N) is 1. The number of hydrogen-bond acceptors (Lipinski definition) is 6. The average molecular weight is 428 g/mol. The fourth-order valence-corrected chi connectivity index (χ4v) is 4.15. The molecule has 3 N–H and O–H groups in total. The fraction of sp³-hybridized carbons (Fsp3) is 0.579. The van der Waals surface area contributed by atoms with Gasteiger partial charge in [-0.05, 0) is 34.2 Å². The monoisotopic (exact) mass is 427 g/mol. The van der Waals surface area contributed by atoms with Crippen molar-refractivity contribution in [2.24, 2.45) is 16.1 Å². The fourth-order valence-electron chi connectivity index (χ4n) is 1.62. The first-order chi connectivity index (χ1) is 12.3. The highest BCUT2D eigenvalue weighted by molar-refractivity contribution is 8.17. The number of allylic oxidation sites excluding steroid dienone is 2. The third-order valence-electron chi connectivity index (χ3n) is 4.43. The quantitative estimate of drug-likeness (QED) is 0.222. The predicted molar refractivity (Wildman–Crippen MR) is 131 cm³/mol. The highest BCUT2D eigenvalue weighted by Crippen LogP contribution is 2.42. The molecule has 0 aromatic carbocycles. The van der Waals surface area contributed by atoms with E-state index in [2.05, 4.69) is 51.7 Å². The number of thioether (sulfide) groups is 3. The van der Waals surface area contributed by atoms with Crippen LogP contribution >= 0.6 is 35.3 Å². The predicted octanol–water partition coefficient (Wildman–Crippen LogP) is 4.38. The van der Waals surface area contributed by atoms with Gasteiger partial charge in [0.15, 0.2) is 5.17 Å². The van der Waals surface area contributed by atoms with Crippen LogP contribution < -0.4 is 11.1 Å². The number of carbonyl (C=O) groups is 1. The van der Waals surface area contributed by atoms with Crippen molar-refractivity contribution >= 4 is 54.2 Å². The smallest absolute Gasteiger partial charge is 0.231 e. The molecule has 0 aromatic rings. The molecule has 0 heterocycles.